The molecule has 0 aromatic heterocycles. The van der Waals surface area contributed by atoms with Gasteiger partial charge in [0.05, 0.1) is 18.0 Å². The normalized spacial score (nSPS) is 13.0. The molecule has 1 amide bonds. The summed E-state index contributed by atoms with van der Waals surface area (Å²) < 4.78 is 10.5. The molecule has 2 aromatic carbocycles. The fourth-order valence-electron chi connectivity index (χ4n) is 2.92. The number of carbonyl (C=O) groups is 1. The Morgan fingerprint density at radius 3 is 2.89 bits per heavy atom. The van der Waals surface area contributed by atoms with Crippen molar-refractivity contribution in [1.29, 1.82) is 0 Å². The number of hydrogen-bond donors (Lipinski definition) is 1. The zero-order valence-corrected chi connectivity index (χ0v) is 15.3. The Hall–Kier alpha value is -3.06. The van der Waals surface area contributed by atoms with E-state index in [0.29, 0.717) is 17.9 Å². The predicted octanol–water partition coefficient (Wildman–Crippen LogP) is 3.65. The van der Waals surface area contributed by atoms with Crippen LogP contribution in [0, 0.1) is 0 Å². The summed E-state index contributed by atoms with van der Waals surface area (Å²) in [5, 5.41) is 13.6. The average Bonchev–Trinajstić information content (AvgIpc) is 3.14. The second-order valence-electron chi connectivity index (χ2n) is 6.13. The molecule has 1 aliphatic heterocycles. The maximum absolute atomic E-state index is 11.5. The van der Waals surface area contributed by atoms with Crippen LogP contribution in [0.15, 0.2) is 47.6 Å². The zero-order chi connectivity index (χ0) is 19.2. The monoisotopic (exact) mass is 370 g/mol. The molecule has 2 aromatic rings. The van der Waals surface area contributed by atoms with Gasteiger partial charge in [0.1, 0.15) is 19.1 Å². The highest BCUT2D eigenvalue weighted by Gasteiger charge is 2.17. The van der Waals surface area contributed by atoms with Crippen LogP contribution in [0.25, 0.3) is 0 Å². The van der Waals surface area contributed by atoms with Crippen molar-refractivity contribution in [3.05, 3.63) is 59.2 Å². The van der Waals surface area contributed by atoms with E-state index in [9.17, 15) is 9.90 Å². The molecule has 0 fully saturated rings. The number of oxime groups is 1. The molecule has 0 aliphatic carbocycles. The lowest BCUT2D eigenvalue weighted by atomic mass is 10.1. The number of amides is 1. The molecular weight excluding hydrogens is 348 g/mol. The fourth-order valence-corrected chi connectivity index (χ4v) is 2.92. The average molecular weight is 370 g/mol. The molecule has 3 rings (SSSR count). The van der Waals surface area contributed by atoms with Gasteiger partial charge in [-0.25, -0.2) is 4.79 Å². The highest BCUT2D eigenvalue weighted by atomic mass is 16.6. The van der Waals surface area contributed by atoms with Gasteiger partial charge in [0, 0.05) is 19.1 Å². The summed E-state index contributed by atoms with van der Waals surface area (Å²) in [6.45, 7) is 2.67. The van der Waals surface area contributed by atoms with Crippen LogP contribution in [0.5, 0.6) is 5.75 Å². The summed E-state index contributed by atoms with van der Waals surface area (Å²) in [6, 6.07) is 13.1. The molecule has 1 heterocycles. The lowest BCUT2D eigenvalue weighted by Gasteiger charge is -2.20. The SMILES string of the molecule is COCN(C(=O)O)c1ccccc1CON=C(C)c1ccc2c(c1)CCO2. The molecule has 27 heavy (non-hydrogen) atoms. The first-order valence-corrected chi connectivity index (χ1v) is 8.60. The molecule has 142 valence electrons. The van der Waals surface area contributed by atoms with Crippen LogP contribution >= 0.6 is 0 Å². The molecule has 0 bridgehead atoms. The molecular formula is C20H22N2O5. The number of ether oxygens (including phenoxy) is 2. The highest BCUT2D eigenvalue weighted by Crippen LogP contribution is 2.26. The van der Waals surface area contributed by atoms with Crippen molar-refractivity contribution >= 4 is 17.5 Å². The number of fused-ring (bicyclic) bond motifs is 1. The number of carboxylic acid groups (broad SMARTS) is 1. The van der Waals surface area contributed by atoms with E-state index < -0.39 is 6.09 Å². The third kappa shape index (κ3) is 4.38. The van der Waals surface area contributed by atoms with Gasteiger partial charge in [-0.2, -0.15) is 0 Å². The molecule has 0 radical (unpaired) electrons. The van der Waals surface area contributed by atoms with Gasteiger partial charge in [0.25, 0.3) is 0 Å². The minimum atomic E-state index is -1.09. The fraction of sp³-hybridized carbons (Fsp3) is 0.300. The molecule has 0 unspecified atom stereocenters. The van der Waals surface area contributed by atoms with Crippen LogP contribution in [0.4, 0.5) is 10.5 Å². The molecule has 7 heteroatoms. The second-order valence-corrected chi connectivity index (χ2v) is 6.13. The predicted molar refractivity (Wildman–Crippen MR) is 101 cm³/mol. The van der Waals surface area contributed by atoms with Crippen molar-refractivity contribution in [2.24, 2.45) is 5.16 Å². The van der Waals surface area contributed by atoms with E-state index in [4.69, 9.17) is 14.3 Å². The Morgan fingerprint density at radius 1 is 1.30 bits per heavy atom. The number of benzene rings is 2. The van der Waals surface area contributed by atoms with E-state index >= 15 is 0 Å². The van der Waals surface area contributed by atoms with E-state index in [-0.39, 0.29) is 13.3 Å². The molecule has 0 atom stereocenters. The Bertz CT molecular complexity index is 850. The maximum atomic E-state index is 11.5. The quantitative estimate of drug-likeness (QED) is 0.457. The zero-order valence-electron chi connectivity index (χ0n) is 15.3. The van der Waals surface area contributed by atoms with E-state index in [1.807, 2.05) is 25.1 Å². The van der Waals surface area contributed by atoms with Crippen LogP contribution in [-0.2, 0) is 22.6 Å². The molecule has 1 aliphatic rings. The third-order valence-corrected chi connectivity index (χ3v) is 4.30. The van der Waals surface area contributed by atoms with Crippen molar-refractivity contribution in [3.8, 4) is 5.75 Å². The first-order chi connectivity index (χ1) is 13.1. The number of para-hydroxylation sites is 1. The van der Waals surface area contributed by atoms with Gasteiger partial charge in [0.15, 0.2) is 0 Å². The minimum absolute atomic E-state index is 0.0637. The number of rotatable bonds is 7. The summed E-state index contributed by atoms with van der Waals surface area (Å²) in [5.74, 6) is 0.924. The van der Waals surface area contributed by atoms with Crippen LogP contribution in [0.1, 0.15) is 23.6 Å². The van der Waals surface area contributed by atoms with Crippen LogP contribution < -0.4 is 9.64 Å². The van der Waals surface area contributed by atoms with E-state index in [1.165, 1.54) is 12.7 Å². The topological polar surface area (TPSA) is 80.6 Å². The van der Waals surface area contributed by atoms with Crippen LogP contribution in [0.2, 0.25) is 0 Å². The van der Waals surface area contributed by atoms with Gasteiger partial charge in [-0.15, -0.1) is 0 Å². The van der Waals surface area contributed by atoms with Crippen molar-refractivity contribution in [2.75, 3.05) is 25.3 Å². The summed E-state index contributed by atoms with van der Waals surface area (Å²) in [5.41, 5.74) is 4.10. The first-order valence-electron chi connectivity index (χ1n) is 8.60. The molecule has 0 saturated carbocycles. The number of hydrogen-bond acceptors (Lipinski definition) is 5. The molecule has 0 spiro atoms. The molecule has 1 N–H and O–H groups in total. The lowest BCUT2D eigenvalue weighted by molar-refractivity contribution is 0.130. The van der Waals surface area contributed by atoms with Crippen LogP contribution in [0.3, 0.4) is 0 Å². The Kier molecular flexibility index (Phi) is 5.93. The minimum Gasteiger partial charge on any atom is -0.493 e. The van der Waals surface area contributed by atoms with Gasteiger partial charge in [0.2, 0.25) is 0 Å². The van der Waals surface area contributed by atoms with Crippen molar-refractivity contribution in [2.45, 2.75) is 20.0 Å². The van der Waals surface area contributed by atoms with Gasteiger partial charge < -0.3 is 19.4 Å². The summed E-state index contributed by atoms with van der Waals surface area (Å²) >= 11 is 0. The number of anilines is 1. The number of methoxy groups -OCH3 is 1. The van der Waals surface area contributed by atoms with Crippen molar-refractivity contribution in [3.63, 3.8) is 0 Å². The van der Waals surface area contributed by atoms with Crippen molar-refractivity contribution in [1.82, 2.24) is 0 Å². The Labute approximate surface area is 157 Å². The van der Waals surface area contributed by atoms with Crippen molar-refractivity contribution < 1.29 is 24.2 Å². The van der Waals surface area contributed by atoms with Gasteiger partial charge in [-0.3, -0.25) is 4.90 Å². The van der Waals surface area contributed by atoms with E-state index in [1.54, 1.807) is 18.2 Å². The largest absolute Gasteiger partial charge is 0.493 e. The van der Waals surface area contributed by atoms with Gasteiger partial charge in [-0.05, 0) is 42.3 Å². The molecule has 7 nitrogen and oxygen atoms in total. The maximum Gasteiger partial charge on any atom is 0.413 e. The van der Waals surface area contributed by atoms with Gasteiger partial charge >= 0.3 is 6.09 Å². The lowest BCUT2D eigenvalue weighted by Crippen LogP contribution is -2.32. The summed E-state index contributed by atoms with van der Waals surface area (Å²) in [7, 11) is 1.45. The summed E-state index contributed by atoms with van der Waals surface area (Å²) in [6.07, 6.45) is -0.195. The molecule has 0 saturated heterocycles. The van der Waals surface area contributed by atoms with E-state index in [0.717, 1.165) is 28.3 Å². The first kappa shape index (κ1) is 18.7. The Balaban J connectivity index is 1.71. The summed E-state index contributed by atoms with van der Waals surface area (Å²) in [4.78, 5) is 18.1. The third-order valence-electron chi connectivity index (χ3n) is 4.30. The smallest absolute Gasteiger partial charge is 0.413 e. The van der Waals surface area contributed by atoms with Gasteiger partial charge in [-0.1, -0.05) is 23.4 Å². The Morgan fingerprint density at radius 2 is 2.11 bits per heavy atom. The van der Waals surface area contributed by atoms with Crippen LogP contribution in [-0.4, -0.2) is 37.4 Å². The standard InChI is InChI=1S/C20H22N2O5/c1-14(15-7-8-19-16(11-15)9-10-26-19)21-27-12-17-5-3-4-6-18(17)22(13-25-2)20(23)24/h3-8,11H,9-10,12-13H2,1-2H3,(H,23,24). The number of nitrogens with zero attached hydrogens (tertiary/aromatic N) is 2. The van der Waals surface area contributed by atoms with E-state index in [2.05, 4.69) is 11.2 Å². The second kappa shape index (κ2) is 8.55. The highest BCUT2D eigenvalue weighted by molar-refractivity contribution is 5.98.